The SMILES string of the molecule is Cc1ccnc(N(CC2CC2)CC2CCCN2)n1. The number of hydrogen-bond acceptors (Lipinski definition) is 4. The van der Waals surface area contributed by atoms with Crippen molar-refractivity contribution in [2.24, 2.45) is 5.92 Å². The van der Waals surface area contributed by atoms with Crippen molar-refractivity contribution in [2.45, 2.75) is 38.6 Å². The minimum atomic E-state index is 0.618. The van der Waals surface area contributed by atoms with Crippen LogP contribution < -0.4 is 10.2 Å². The van der Waals surface area contributed by atoms with Gasteiger partial charge in [-0.05, 0) is 51.1 Å². The van der Waals surface area contributed by atoms with Gasteiger partial charge in [-0.15, -0.1) is 0 Å². The Morgan fingerprint density at radius 1 is 1.33 bits per heavy atom. The molecule has 1 aliphatic heterocycles. The lowest BCUT2D eigenvalue weighted by Gasteiger charge is -2.26. The third kappa shape index (κ3) is 2.99. The molecule has 1 unspecified atom stereocenters. The first-order valence-corrected chi connectivity index (χ1v) is 7.09. The van der Waals surface area contributed by atoms with Crippen molar-refractivity contribution >= 4 is 5.95 Å². The molecule has 4 heteroatoms. The van der Waals surface area contributed by atoms with Gasteiger partial charge < -0.3 is 10.2 Å². The Kier molecular flexibility index (Phi) is 3.46. The number of anilines is 1. The fourth-order valence-electron chi connectivity index (χ4n) is 2.62. The summed E-state index contributed by atoms with van der Waals surface area (Å²) in [4.78, 5) is 11.4. The van der Waals surface area contributed by atoms with E-state index in [0.29, 0.717) is 6.04 Å². The van der Waals surface area contributed by atoms with Crippen LogP contribution in [0.25, 0.3) is 0 Å². The summed E-state index contributed by atoms with van der Waals surface area (Å²) in [5, 5.41) is 3.57. The van der Waals surface area contributed by atoms with Crippen molar-refractivity contribution in [1.82, 2.24) is 15.3 Å². The van der Waals surface area contributed by atoms with Crippen LogP contribution in [0.4, 0.5) is 5.95 Å². The highest BCUT2D eigenvalue weighted by Gasteiger charge is 2.27. The highest BCUT2D eigenvalue weighted by molar-refractivity contribution is 5.31. The van der Waals surface area contributed by atoms with Crippen LogP contribution in [-0.2, 0) is 0 Å². The summed E-state index contributed by atoms with van der Waals surface area (Å²) in [5.41, 5.74) is 1.06. The zero-order valence-electron chi connectivity index (χ0n) is 11.1. The Morgan fingerprint density at radius 2 is 2.22 bits per heavy atom. The highest BCUT2D eigenvalue weighted by atomic mass is 15.3. The van der Waals surface area contributed by atoms with Crippen LogP contribution in [-0.4, -0.2) is 35.6 Å². The Labute approximate surface area is 109 Å². The molecule has 1 N–H and O–H groups in total. The van der Waals surface area contributed by atoms with E-state index in [1.165, 1.54) is 25.7 Å². The second-order valence-electron chi connectivity index (χ2n) is 5.64. The first-order chi connectivity index (χ1) is 8.81. The predicted octanol–water partition coefficient (Wildman–Crippen LogP) is 1.75. The van der Waals surface area contributed by atoms with Crippen molar-refractivity contribution in [3.63, 3.8) is 0 Å². The molecule has 0 radical (unpaired) electrons. The van der Waals surface area contributed by atoms with Gasteiger partial charge in [-0.3, -0.25) is 0 Å². The topological polar surface area (TPSA) is 41.1 Å². The van der Waals surface area contributed by atoms with E-state index in [9.17, 15) is 0 Å². The van der Waals surface area contributed by atoms with Gasteiger partial charge in [0.05, 0.1) is 0 Å². The van der Waals surface area contributed by atoms with Gasteiger partial charge in [-0.2, -0.15) is 0 Å². The van der Waals surface area contributed by atoms with Gasteiger partial charge in [-0.25, -0.2) is 9.97 Å². The van der Waals surface area contributed by atoms with Crippen molar-refractivity contribution in [2.75, 3.05) is 24.5 Å². The standard InChI is InChI=1S/C14H22N4/c1-11-6-8-16-14(17-11)18(9-12-4-5-12)10-13-3-2-7-15-13/h6,8,12-13,15H,2-5,7,9-10H2,1H3. The second kappa shape index (κ2) is 5.22. The van der Waals surface area contributed by atoms with E-state index in [1.807, 2.05) is 19.2 Å². The van der Waals surface area contributed by atoms with Gasteiger partial charge in [0.25, 0.3) is 0 Å². The van der Waals surface area contributed by atoms with Crippen LogP contribution in [0.3, 0.4) is 0 Å². The van der Waals surface area contributed by atoms with Gasteiger partial charge >= 0.3 is 0 Å². The minimum absolute atomic E-state index is 0.618. The predicted molar refractivity (Wildman–Crippen MR) is 72.7 cm³/mol. The summed E-state index contributed by atoms with van der Waals surface area (Å²) in [7, 11) is 0. The maximum absolute atomic E-state index is 4.58. The third-order valence-electron chi connectivity index (χ3n) is 3.84. The molecule has 1 aromatic heterocycles. The number of rotatable bonds is 5. The molecule has 2 aliphatic rings. The number of nitrogens with zero attached hydrogens (tertiary/aromatic N) is 3. The van der Waals surface area contributed by atoms with Crippen molar-refractivity contribution in [1.29, 1.82) is 0 Å². The maximum Gasteiger partial charge on any atom is 0.225 e. The molecular weight excluding hydrogens is 224 g/mol. The minimum Gasteiger partial charge on any atom is -0.339 e. The van der Waals surface area contributed by atoms with Gasteiger partial charge in [-0.1, -0.05) is 0 Å². The van der Waals surface area contributed by atoms with Crippen molar-refractivity contribution < 1.29 is 0 Å². The quantitative estimate of drug-likeness (QED) is 0.859. The molecule has 1 saturated heterocycles. The maximum atomic E-state index is 4.58. The smallest absolute Gasteiger partial charge is 0.225 e. The Morgan fingerprint density at radius 3 is 2.89 bits per heavy atom. The number of aryl methyl sites for hydroxylation is 1. The molecule has 0 amide bonds. The first kappa shape index (κ1) is 11.9. The first-order valence-electron chi connectivity index (χ1n) is 7.09. The van der Waals surface area contributed by atoms with Crippen molar-refractivity contribution in [3.8, 4) is 0 Å². The van der Waals surface area contributed by atoms with Crippen LogP contribution in [0.5, 0.6) is 0 Å². The van der Waals surface area contributed by atoms with E-state index < -0.39 is 0 Å². The third-order valence-corrected chi connectivity index (χ3v) is 3.84. The van der Waals surface area contributed by atoms with E-state index in [2.05, 4.69) is 20.2 Å². The summed E-state index contributed by atoms with van der Waals surface area (Å²) in [6.07, 6.45) is 7.21. The van der Waals surface area contributed by atoms with Crippen LogP contribution in [0.1, 0.15) is 31.4 Å². The lowest BCUT2D eigenvalue weighted by molar-refractivity contribution is 0.562. The molecule has 2 heterocycles. The molecule has 0 bridgehead atoms. The van der Waals surface area contributed by atoms with E-state index in [1.54, 1.807) is 0 Å². The van der Waals surface area contributed by atoms with Gasteiger partial charge in [0.15, 0.2) is 0 Å². The molecule has 3 rings (SSSR count). The summed E-state index contributed by atoms with van der Waals surface area (Å²) < 4.78 is 0. The van der Waals surface area contributed by atoms with Crippen molar-refractivity contribution in [3.05, 3.63) is 18.0 Å². The molecule has 1 aliphatic carbocycles. The van der Waals surface area contributed by atoms with E-state index in [-0.39, 0.29) is 0 Å². The van der Waals surface area contributed by atoms with Gasteiger partial charge in [0, 0.05) is 31.0 Å². The number of hydrogen-bond donors (Lipinski definition) is 1. The molecule has 2 fully saturated rings. The molecule has 1 aromatic rings. The molecular formula is C14H22N4. The Balaban J connectivity index is 1.70. The molecule has 1 saturated carbocycles. The number of aromatic nitrogens is 2. The average molecular weight is 246 g/mol. The Hall–Kier alpha value is -1.16. The summed E-state index contributed by atoms with van der Waals surface area (Å²) in [5.74, 6) is 1.78. The average Bonchev–Trinajstić information content (AvgIpc) is 3.03. The normalized spacial score (nSPS) is 23.3. The lowest BCUT2D eigenvalue weighted by atomic mass is 10.2. The van der Waals surface area contributed by atoms with Crippen LogP contribution in [0, 0.1) is 12.8 Å². The molecule has 4 nitrogen and oxygen atoms in total. The molecule has 98 valence electrons. The van der Waals surface area contributed by atoms with Crippen LogP contribution >= 0.6 is 0 Å². The zero-order valence-corrected chi connectivity index (χ0v) is 11.1. The zero-order chi connectivity index (χ0) is 12.4. The van der Waals surface area contributed by atoms with Crippen LogP contribution in [0.2, 0.25) is 0 Å². The molecule has 18 heavy (non-hydrogen) atoms. The molecule has 0 aromatic carbocycles. The van der Waals surface area contributed by atoms with Crippen LogP contribution in [0.15, 0.2) is 12.3 Å². The molecule has 1 atom stereocenters. The summed E-state index contributed by atoms with van der Waals surface area (Å²) in [6.45, 7) is 5.38. The van der Waals surface area contributed by atoms with E-state index in [4.69, 9.17) is 0 Å². The van der Waals surface area contributed by atoms with E-state index >= 15 is 0 Å². The van der Waals surface area contributed by atoms with Gasteiger partial charge in [0.1, 0.15) is 0 Å². The molecule has 0 spiro atoms. The monoisotopic (exact) mass is 246 g/mol. The highest BCUT2D eigenvalue weighted by Crippen LogP contribution is 2.31. The lowest BCUT2D eigenvalue weighted by Crippen LogP contribution is -2.39. The Bertz CT molecular complexity index is 397. The second-order valence-corrected chi connectivity index (χ2v) is 5.64. The summed E-state index contributed by atoms with van der Waals surface area (Å²) in [6, 6.07) is 2.58. The largest absolute Gasteiger partial charge is 0.339 e. The fraction of sp³-hybridized carbons (Fsp3) is 0.714. The number of nitrogens with one attached hydrogen (secondary N) is 1. The van der Waals surface area contributed by atoms with E-state index in [0.717, 1.165) is 37.2 Å². The summed E-state index contributed by atoms with van der Waals surface area (Å²) >= 11 is 0. The van der Waals surface area contributed by atoms with Gasteiger partial charge in [0.2, 0.25) is 5.95 Å². The fourth-order valence-corrected chi connectivity index (χ4v) is 2.62.